The molecule has 96 valence electrons. The summed E-state index contributed by atoms with van der Waals surface area (Å²) < 4.78 is 4.64. The summed E-state index contributed by atoms with van der Waals surface area (Å²) in [5.41, 5.74) is 1.98. The number of carbonyl (C=O) groups excluding carboxylic acids is 1. The van der Waals surface area contributed by atoms with Crippen LogP contribution in [0.2, 0.25) is 0 Å². The molecule has 0 unspecified atom stereocenters. The predicted molar refractivity (Wildman–Crippen MR) is 69.6 cm³/mol. The number of aliphatic hydroxyl groups is 1. The van der Waals surface area contributed by atoms with Crippen molar-refractivity contribution in [2.45, 2.75) is 6.92 Å². The van der Waals surface area contributed by atoms with E-state index in [0.29, 0.717) is 16.9 Å². The zero-order valence-corrected chi connectivity index (χ0v) is 10.3. The molecule has 0 aliphatic rings. The first-order valence-electron chi connectivity index (χ1n) is 5.63. The number of benzene rings is 1. The largest absolute Gasteiger partial charge is 0.384 e. The SMILES string of the molecule is Cc1ccc(C(=O)Nc2ccon2)c(C#CCO)c1. The van der Waals surface area contributed by atoms with Crippen LogP contribution >= 0.6 is 0 Å². The number of nitrogens with zero attached hydrogens (tertiary/aromatic N) is 1. The minimum atomic E-state index is -0.323. The average molecular weight is 256 g/mol. The molecule has 0 fully saturated rings. The van der Waals surface area contributed by atoms with Crippen LogP contribution in [0.3, 0.4) is 0 Å². The molecule has 2 N–H and O–H groups in total. The number of carbonyl (C=O) groups is 1. The number of amides is 1. The van der Waals surface area contributed by atoms with Crippen LogP contribution in [-0.2, 0) is 0 Å². The Hall–Kier alpha value is -2.58. The van der Waals surface area contributed by atoms with E-state index in [2.05, 4.69) is 26.8 Å². The minimum absolute atomic E-state index is 0.252. The lowest BCUT2D eigenvalue weighted by atomic mass is 10.0. The standard InChI is InChI=1S/C14H12N2O3/c1-10-4-5-12(11(9-10)3-2-7-17)14(18)15-13-6-8-19-16-13/h4-6,8-9,17H,7H2,1H3,(H,15,16,18). The summed E-state index contributed by atoms with van der Waals surface area (Å²) in [4.78, 5) is 12.1. The van der Waals surface area contributed by atoms with Gasteiger partial charge in [-0.2, -0.15) is 0 Å². The number of aromatic nitrogens is 1. The highest BCUT2D eigenvalue weighted by molar-refractivity contribution is 6.05. The smallest absolute Gasteiger partial charge is 0.258 e. The molecule has 2 aromatic rings. The number of nitrogens with one attached hydrogen (secondary N) is 1. The molecule has 0 spiro atoms. The number of rotatable bonds is 2. The zero-order chi connectivity index (χ0) is 13.7. The molecule has 0 radical (unpaired) electrons. The average Bonchev–Trinajstić information content (AvgIpc) is 2.89. The Morgan fingerprint density at radius 3 is 3.00 bits per heavy atom. The van der Waals surface area contributed by atoms with Gasteiger partial charge in [-0.1, -0.05) is 23.1 Å². The molecule has 0 aliphatic carbocycles. The van der Waals surface area contributed by atoms with Crippen LogP contribution in [-0.4, -0.2) is 22.8 Å². The quantitative estimate of drug-likeness (QED) is 0.800. The van der Waals surface area contributed by atoms with E-state index in [0.717, 1.165) is 5.56 Å². The molecule has 0 saturated heterocycles. The Kier molecular flexibility index (Phi) is 3.96. The Morgan fingerprint density at radius 1 is 1.47 bits per heavy atom. The highest BCUT2D eigenvalue weighted by atomic mass is 16.5. The molecule has 0 aliphatic heterocycles. The van der Waals surface area contributed by atoms with Gasteiger partial charge in [0.1, 0.15) is 12.9 Å². The lowest BCUT2D eigenvalue weighted by Crippen LogP contribution is -2.13. The third-order valence-corrected chi connectivity index (χ3v) is 2.40. The van der Waals surface area contributed by atoms with Crippen LogP contribution in [0.5, 0.6) is 0 Å². The number of aliphatic hydroxyl groups excluding tert-OH is 1. The van der Waals surface area contributed by atoms with Gasteiger partial charge in [-0.15, -0.1) is 0 Å². The van der Waals surface area contributed by atoms with E-state index in [-0.39, 0.29) is 12.5 Å². The number of aryl methyl sites for hydroxylation is 1. The Balaban J connectivity index is 2.30. The first-order valence-corrected chi connectivity index (χ1v) is 5.63. The van der Waals surface area contributed by atoms with Gasteiger partial charge in [-0.3, -0.25) is 4.79 Å². The Bertz CT molecular complexity index is 636. The van der Waals surface area contributed by atoms with Crippen LogP contribution in [0, 0.1) is 18.8 Å². The second kappa shape index (κ2) is 5.85. The van der Waals surface area contributed by atoms with Crippen molar-refractivity contribution in [1.82, 2.24) is 5.16 Å². The molecule has 1 aromatic carbocycles. The van der Waals surface area contributed by atoms with E-state index in [4.69, 9.17) is 5.11 Å². The first kappa shape index (κ1) is 12.9. The van der Waals surface area contributed by atoms with Crippen molar-refractivity contribution < 1.29 is 14.4 Å². The molecule has 5 heteroatoms. The first-order chi connectivity index (χ1) is 9.20. The second-order valence-corrected chi connectivity index (χ2v) is 3.85. The van der Waals surface area contributed by atoms with Gasteiger partial charge in [0.05, 0.1) is 5.56 Å². The van der Waals surface area contributed by atoms with E-state index < -0.39 is 0 Å². The molecular formula is C14H12N2O3. The van der Waals surface area contributed by atoms with Crippen molar-refractivity contribution in [2.75, 3.05) is 11.9 Å². The maximum Gasteiger partial charge on any atom is 0.258 e. The number of anilines is 1. The lowest BCUT2D eigenvalue weighted by molar-refractivity contribution is 0.102. The fraction of sp³-hybridized carbons (Fsp3) is 0.143. The Labute approximate surface area is 110 Å². The fourth-order valence-corrected chi connectivity index (χ4v) is 1.55. The van der Waals surface area contributed by atoms with Gasteiger partial charge in [0, 0.05) is 11.6 Å². The second-order valence-electron chi connectivity index (χ2n) is 3.85. The van der Waals surface area contributed by atoms with Crippen molar-refractivity contribution in [2.24, 2.45) is 0 Å². The van der Waals surface area contributed by atoms with Crippen molar-refractivity contribution in [1.29, 1.82) is 0 Å². The molecule has 19 heavy (non-hydrogen) atoms. The van der Waals surface area contributed by atoms with Gasteiger partial charge in [-0.25, -0.2) is 0 Å². The Morgan fingerprint density at radius 2 is 2.32 bits per heavy atom. The van der Waals surface area contributed by atoms with Crippen LogP contribution in [0.15, 0.2) is 35.1 Å². The third kappa shape index (κ3) is 3.21. The minimum Gasteiger partial charge on any atom is -0.384 e. The molecule has 1 heterocycles. The van der Waals surface area contributed by atoms with E-state index in [1.807, 2.05) is 13.0 Å². The van der Waals surface area contributed by atoms with Gasteiger partial charge in [0.15, 0.2) is 5.82 Å². The van der Waals surface area contributed by atoms with Gasteiger partial charge < -0.3 is 14.9 Å². The van der Waals surface area contributed by atoms with E-state index in [1.54, 1.807) is 18.2 Å². The lowest BCUT2D eigenvalue weighted by Gasteiger charge is -2.05. The summed E-state index contributed by atoms with van der Waals surface area (Å²) in [6, 6.07) is 6.85. The van der Waals surface area contributed by atoms with Gasteiger partial charge in [0.25, 0.3) is 5.91 Å². The number of hydrogen-bond acceptors (Lipinski definition) is 4. The molecule has 0 bridgehead atoms. The van der Waals surface area contributed by atoms with E-state index >= 15 is 0 Å². The number of hydrogen-bond donors (Lipinski definition) is 2. The molecular weight excluding hydrogens is 244 g/mol. The highest BCUT2D eigenvalue weighted by Gasteiger charge is 2.11. The van der Waals surface area contributed by atoms with Crippen LogP contribution < -0.4 is 5.32 Å². The molecule has 5 nitrogen and oxygen atoms in total. The summed E-state index contributed by atoms with van der Waals surface area (Å²) in [6.07, 6.45) is 1.37. The van der Waals surface area contributed by atoms with E-state index in [1.165, 1.54) is 6.26 Å². The molecule has 1 amide bonds. The van der Waals surface area contributed by atoms with Gasteiger partial charge >= 0.3 is 0 Å². The zero-order valence-electron chi connectivity index (χ0n) is 10.3. The summed E-state index contributed by atoms with van der Waals surface area (Å²) in [5, 5.41) is 14.9. The van der Waals surface area contributed by atoms with Gasteiger partial charge in [-0.05, 0) is 24.6 Å². The van der Waals surface area contributed by atoms with Crippen molar-refractivity contribution in [3.63, 3.8) is 0 Å². The van der Waals surface area contributed by atoms with Crippen LogP contribution in [0.4, 0.5) is 5.82 Å². The topological polar surface area (TPSA) is 75.4 Å². The van der Waals surface area contributed by atoms with Gasteiger partial charge in [0.2, 0.25) is 0 Å². The van der Waals surface area contributed by atoms with Crippen molar-refractivity contribution >= 4 is 11.7 Å². The van der Waals surface area contributed by atoms with Crippen LogP contribution in [0.25, 0.3) is 0 Å². The fourth-order valence-electron chi connectivity index (χ4n) is 1.55. The normalized spacial score (nSPS) is 9.58. The molecule has 0 saturated carbocycles. The van der Waals surface area contributed by atoms with E-state index in [9.17, 15) is 4.79 Å². The summed E-state index contributed by atoms with van der Waals surface area (Å²) in [6.45, 7) is 1.65. The predicted octanol–water partition coefficient (Wildman–Crippen LogP) is 1.58. The highest BCUT2D eigenvalue weighted by Crippen LogP contribution is 2.13. The maximum absolute atomic E-state index is 12.1. The summed E-state index contributed by atoms with van der Waals surface area (Å²) >= 11 is 0. The molecule has 0 atom stereocenters. The summed E-state index contributed by atoms with van der Waals surface area (Å²) in [5.74, 6) is 5.31. The maximum atomic E-state index is 12.1. The third-order valence-electron chi connectivity index (χ3n) is 2.40. The van der Waals surface area contributed by atoms with Crippen LogP contribution in [0.1, 0.15) is 21.5 Å². The van der Waals surface area contributed by atoms with Crippen molar-refractivity contribution in [3.8, 4) is 11.8 Å². The monoisotopic (exact) mass is 256 g/mol. The summed E-state index contributed by atoms with van der Waals surface area (Å²) in [7, 11) is 0. The molecule has 2 rings (SSSR count). The van der Waals surface area contributed by atoms with Crippen molar-refractivity contribution in [3.05, 3.63) is 47.2 Å². The molecule has 1 aromatic heterocycles.